The molecule has 2 aromatic rings. The minimum atomic E-state index is 0.147. The van der Waals surface area contributed by atoms with Gasteiger partial charge in [-0.05, 0) is 12.0 Å². The van der Waals surface area contributed by atoms with Crippen LogP contribution in [0.2, 0.25) is 0 Å². The zero-order valence-corrected chi connectivity index (χ0v) is 10.7. The second kappa shape index (κ2) is 6.10. The molecular formula is C16H18NO+. The van der Waals surface area contributed by atoms with Crippen LogP contribution in [0.15, 0.2) is 54.9 Å². The Balaban J connectivity index is 2.05. The van der Waals surface area contributed by atoms with Gasteiger partial charge in [-0.25, -0.2) is 0 Å². The van der Waals surface area contributed by atoms with Crippen LogP contribution in [0.1, 0.15) is 29.3 Å². The Morgan fingerprint density at radius 3 is 2.33 bits per heavy atom. The van der Waals surface area contributed by atoms with Crippen molar-refractivity contribution in [2.24, 2.45) is 0 Å². The number of hydrogen-bond acceptors (Lipinski definition) is 1. The average molecular weight is 240 g/mol. The SMILES string of the molecule is CCCc1ccc(C(=O)C[n+]2ccccc2)cc1. The van der Waals surface area contributed by atoms with Crippen molar-refractivity contribution in [3.05, 3.63) is 66.0 Å². The summed E-state index contributed by atoms with van der Waals surface area (Å²) in [4.78, 5) is 12.1. The molecule has 1 aromatic carbocycles. The largest absolute Gasteiger partial charge is 0.287 e. The summed E-state index contributed by atoms with van der Waals surface area (Å²) >= 11 is 0. The van der Waals surface area contributed by atoms with E-state index in [1.807, 2.05) is 59.4 Å². The monoisotopic (exact) mass is 240 g/mol. The van der Waals surface area contributed by atoms with E-state index in [0.29, 0.717) is 6.54 Å². The first-order valence-electron chi connectivity index (χ1n) is 6.36. The summed E-state index contributed by atoms with van der Waals surface area (Å²) in [6.07, 6.45) is 6.02. The summed E-state index contributed by atoms with van der Waals surface area (Å²) in [6, 6.07) is 13.8. The molecule has 0 radical (unpaired) electrons. The van der Waals surface area contributed by atoms with Gasteiger partial charge in [-0.1, -0.05) is 43.7 Å². The first-order valence-corrected chi connectivity index (χ1v) is 6.36. The molecule has 0 N–H and O–H groups in total. The summed E-state index contributed by atoms with van der Waals surface area (Å²) < 4.78 is 1.89. The van der Waals surface area contributed by atoms with E-state index >= 15 is 0 Å². The lowest BCUT2D eigenvalue weighted by Gasteiger charge is -2.01. The van der Waals surface area contributed by atoms with E-state index < -0.39 is 0 Å². The summed E-state index contributed by atoms with van der Waals surface area (Å²) in [6.45, 7) is 2.55. The van der Waals surface area contributed by atoms with Crippen LogP contribution in [-0.4, -0.2) is 5.78 Å². The Labute approximate surface area is 108 Å². The van der Waals surface area contributed by atoms with Crippen LogP contribution in [0.3, 0.4) is 0 Å². The Bertz CT molecular complexity index is 502. The van der Waals surface area contributed by atoms with Gasteiger partial charge in [-0.2, -0.15) is 4.57 Å². The molecule has 0 unspecified atom stereocenters. The molecule has 0 saturated heterocycles. The smallest absolute Gasteiger partial charge is 0.227 e. The highest BCUT2D eigenvalue weighted by atomic mass is 16.1. The van der Waals surface area contributed by atoms with E-state index in [1.165, 1.54) is 5.56 Å². The summed E-state index contributed by atoms with van der Waals surface area (Å²) in [5.41, 5.74) is 2.08. The minimum absolute atomic E-state index is 0.147. The predicted molar refractivity (Wildman–Crippen MR) is 71.4 cm³/mol. The van der Waals surface area contributed by atoms with Gasteiger partial charge in [0.15, 0.2) is 12.4 Å². The highest BCUT2D eigenvalue weighted by Gasteiger charge is 2.11. The minimum Gasteiger partial charge on any atom is -0.287 e. The van der Waals surface area contributed by atoms with E-state index in [0.717, 1.165) is 18.4 Å². The Morgan fingerprint density at radius 2 is 1.72 bits per heavy atom. The molecule has 0 fully saturated rings. The second-order valence-corrected chi connectivity index (χ2v) is 4.42. The topological polar surface area (TPSA) is 20.9 Å². The lowest BCUT2D eigenvalue weighted by molar-refractivity contribution is -0.683. The number of hydrogen-bond donors (Lipinski definition) is 0. The second-order valence-electron chi connectivity index (χ2n) is 4.42. The molecule has 1 heterocycles. The van der Waals surface area contributed by atoms with Gasteiger partial charge < -0.3 is 0 Å². The third-order valence-electron chi connectivity index (χ3n) is 2.92. The molecule has 92 valence electrons. The molecular weight excluding hydrogens is 222 g/mol. The van der Waals surface area contributed by atoms with E-state index in [4.69, 9.17) is 0 Å². The fourth-order valence-corrected chi connectivity index (χ4v) is 1.94. The number of ketones is 1. The molecule has 0 aliphatic rings. The molecule has 0 bridgehead atoms. The number of benzene rings is 1. The van der Waals surface area contributed by atoms with Crippen molar-refractivity contribution in [3.8, 4) is 0 Å². The van der Waals surface area contributed by atoms with Gasteiger partial charge in [0.25, 0.3) is 0 Å². The third-order valence-corrected chi connectivity index (χ3v) is 2.92. The molecule has 0 aliphatic carbocycles. The zero-order valence-electron chi connectivity index (χ0n) is 10.7. The molecule has 0 aliphatic heterocycles. The number of Topliss-reactive ketones (excluding diaryl/α,β-unsaturated/α-hetero) is 1. The van der Waals surface area contributed by atoms with Gasteiger partial charge in [0.05, 0.1) is 0 Å². The first kappa shape index (κ1) is 12.5. The molecule has 2 heteroatoms. The van der Waals surface area contributed by atoms with Gasteiger partial charge in [0, 0.05) is 17.7 Å². The third kappa shape index (κ3) is 3.27. The van der Waals surface area contributed by atoms with Crippen LogP contribution in [0, 0.1) is 0 Å². The van der Waals surface area contributed by atoms with Crippen molar-refractivity contribution in [3.63, 3.8) is 0 Å². The Hall–Kier alpha value is -1.96. The summed E-state index contributed by atoms with van der Waals surface area (Å²) in [5.74, 6) is 0.147. The van der Waals surface area contributed by atoms with Gasteiger partial charge >= 0.3 is 0 Å². The van der Waals surface area contributed by atoms with Crippen molar-refractivity contribution < 1.29 is 9.36 Å². The number of pyridine rings is 1. The Morgan fingerprint density at radius 1 is 1.06 bits per heavy atom. The van der Waals surface area contributed by atoms with Crippen LogP contribution in [0.4, 0.5) is 0 Å². The normalized spacial score (nSPS) is 10.3. The Kier molecular flexibility index (Phi) is 4.24. The van der Waals surface area contributed by atoms with Crippen molar-refractivity contribution >= 4 is 5.78 Å². The van der Waals surface area contributed by atoms with Gasteiger partial charge in [-0.3, -0.25) is 4.79 Å². The number of carbonyl (C=O) groups is 1. The molecule has 0 saturated carbocycles. The van der Waals surface area contributed by atoms with Crippen LogP contribution < -0.4 is 4.57 Å². The maximum Gasteiger partial charge on any atom is 0.227 e. The zero-order chi connectivity index (χ0) is 12.8. The summed E-state index contributed by atoms with van der Waals surface area (Å²) in [7, 11) is 0. The molecule has 2 rings (SSSR count). The van der Waals surface area contributed by atoms with Crippen LogP contribution >= 0.6 is 0 Å². The molecule has 0 atom stereocenters. The van der Waals surface area contributed by atoms with Crippen molar-refractivity contribution in [1.29, 1.82) is 0 Å². The molecule has 18 heavy (non-hydrogen) atoms. The quantitative estimate of drug-likeness (QED) is 0.581. The van der Waals surface area contributed by atoms with E-state index in [1.54, 1.807) is 0 Å². The van der Waals surface area contributed by atoms with Crippen molar-refractivity contribution in [1.82, 2.24) is 0 Å². The van der Waals surface area contributed by atoms with Gasteiger partial charge in [0.1, 0.15) is 0 Å². The first-order chi connectivity index (χ1) is 8.79. The summed E-state index contributed by atoms with van der Waals surface area (Å²) in [5, 5.41) is 0. The number of rotatable bonds is 5. The number of aryl methyl sites for hydroxylation is 1. The van der Waals surface area contributed by atoms with E-state index in [2.05, 4.69) is 6.92 Å². The molecule has 2 nitrogen and oxygen atoms in total. The van der Waals surface area contributed by atoms with Crippen LogP contribution in [0.25, 0.3) is 0 Å². The fraction of sp³-hybridized carbons (Fsp3) is 0.250. The number of aromatic nitrogens is 1. The van der Waals surface area contributed by atoms with Gasteiger partial charge in [0.2, 0.25) is 12.3 Å². The lowest BCUT2D eigenvalue weighted by Crippen LogP contribution is -2.36. The molecule has 0 amide bonds. The maximum absolute atomic E-state index is 12.1. The standard InChI is InChI=1S/C16H18NO/c1-2-6-14-7-9-15(10-8-14)16(18)13-17-11-4-3-5-12-17/h3-5,7-12H,2,6,13H2,1H3/q+1. The maximum atomic E-state index is 12.1. The van der Waals surface area contributed by atoms with E-state index in [9.17, 15) is 4.79 Å². The number of carbonyl (C=O) groups excluding carboxylic acids is 1. The van der Waals surface area contributed by atoms with Crippen molar-refractivity contribution in [2.45, 2.75) is 26.3 Å². The molecule has 0 spiro atoms. The molecule has 1 aromatic heterocycles. The fourth-order valence-electron chi connectivity index (χ4n) is 1.94. The van der Waals surface area contributed by atoms with Crippen LogP contribution in [0.5, 0.6) is 0 Å². The number of nitrogens with zero attached hydrogens (tertiary/aromatic N) is 1. The van der Waals surface area contributed by atoms with Gasteiger partial charge in [-0.15, -0.1) is 0 Å². The van der Waals surface area contributed by atoms with Crippen molar-refractivity contribution in [2.75, 3.05) is 0 Å². The predicted octanol–water partition coefficient (Wildman–Crippen LogP) is 2.81. The van der Waals surface area contributed by atoms with E-state index in [-0.39, 0.29) is 5.78 Å². The average Bonchev–Trinajstić information content (AvgIpc) is 2.41. The van der Waals surface area contributed by atoms with Crippen LogP contribution in [-0.2, 0) is 13.0 Å². The highest BCUT2D eigenvalue weighted by Crippen LogP contribution is 2.07. The highest BCUT2D eigenvalue weighted by molar-refractivity contribution is 5.95. The lowest BCUT2D eigenvalue weighted by atomic mass is 10.1.